The average molecular weight is 282 g/mol. The van der Waals surface area contributed by atoms with Gasteiger partial charge in [-0.25, -0.2) is 0 Å². The summed E-state index contributed by atoms with van der Waals surface area (Å²) in [6.07, 6.45) is 3.52. The van der Waals surface area contributed by atoms with Crippen LogP contribution in [0.2, 0.25) is 0 Å². The zero-order chi connectivity index (χ0) is 14.7. The summed E-state index contributed by atoms with van der Waals surface area (Å²) < 4.78 is 5.94. The first-order chi connectivity index (χ1) is 10.2. The maximum atomic E-state index is 10.6. The first-order valence-electron chi connectivity index (χ1n) is 7.25. The van der Waals surface area contributed by atoms with Gasteiger partial charge >= 0.3 is 5.97 Å². The summed E-state index contributed by atoms with van der Waals surface area (Å²) >= 11 is 0. The Morgan fingerprint density at radius 2 is 1.81 bits per heavy atom. The Kier molecular flexibility index (Phi) is 3.91. The lowest BCUT2D eigenvalue weighted by atomic mass is 10.1. The van der Waals surface area contributed by atoms with Gasteiger partial charge in [-0.1, -0.05) is 36.4 Å². The number of aryl methyl sites for hydroxylation is 1. The molecule has 0 heterocycles. The van der Waals surface area contributed by atoms with Crippen molar-refractivity contribution in [1.82, 2.24) is 0 Å². The third-order valence-corrected chi connectivity index (χ3v) is 3.88. The lowest BCUT2D eigenvalue weighted by Gasteiger charge is -2.11. The van der Waals surface area contributed by atoms with Crippen LogP contribution in [0.4, 0.5) is 0 Å². The Morgan fingerprint density at radius 1 is 1.05 bits per heavy atom. The van der Waals surface area contributed by atoms with E-state index >= 15 is 0 Å². The molecular weight excluding hydrogens is 264 g/mol. The molecule has 108 valence electrons. The van der Waals surface area contributed by atoms with E-state index in [2.05, 4.69) is 12.1 Å². The summed E-state index contributed by atoms with van der Waals surface area (Å²) in [5.74, 6) is 0.179. The summed E-state index contributed by atoms with van der Waals surface area (Å²) in [4.78, 5) is 10.6. The van der Waals surface area contributed by atoms with Gasteiger partial charge in [-0.05, 0) is 47.6 Å². The van der Waals surface area contributed by atoms with E-state index in [0.717, 1.165) is 29.7 Å². The Balaban J connectivity index is 1.65. The molecule has 0 aliphatic heterocycles. The van der Waals surface area contributed by atoms with E-state index in [1.54, 1.807) is 0 Å². The summed E-state index contributed by atoms with van der Waals surface area (Å²) in [6, 6.07) is 13.8. The molecule has 0 unspecified atom stereocenters. The predicted octanol–water partition coefficient (Wildman–Crippen LogP) is 3.38. The van der Waals surface area contributed by atoms with E-state index in [1.165, 1.54) is 17.5 Å². The molecule has 21 heavy (non-hydrogen) atoms. The number of rotatable bonds is 5. The van der Waals surface area contributed by atoms with Crippen molar-refractivity contribution in [1.29, 1.82) is 0 Å². The predicted molar refractivity (Wildman–Crippen MR) is 80.6 cm³/mol. The van der Waals surface area contributed by atoms with Gasteiger partial charge in [-0.3, -0.25) is 4.79 Å². The largest absolute Gasteiger partial charge is 0.489 e. The van der Waals surface area contributed by atoms with Gasteiger partial charge in [0.25, 0.3) is 0 Å². The van der Waals surface area contributed by atoms with Gasteiger partial charge in [0.05, 0.1) is 6.42 Å². The lowest BCUT2D eigenvalue weighted by Crippen LogP contribution is -2.01. The molecule has 0 spiro atoms. The van der Waals surface area contributed by atoms with E-state index in [4.69, 9.17) is 9.84 Å². The number of fused-ring (bicyclic) bond motifs is 1. The zero-order valence-corrected chi connectivity index (χ0v) is 11.8. The smallest absolute Gasteiger partial charge is 0.307 e. The summed E-state index contributed by atoms with van der Waals surface area (Å²) in [7, 11) is 0. The molecule has 0 bridgehead atoms. The normalized spacial score (nSPS) is 13.0. The van der Waals surface area contributed by atoms with E-state index in [-0.39, 0.29) is 6.42 Å². The quantitative estimate of drug-likeness (QED) is 0.914. The molecule has 0 radical (unpaired) electrons. The average Bonchev–Trinajstić information content (AvgIpc) is 2.95. The summed E-state index contributed by atoms with van der Waals surface area (Å²) in [5.41, 5.74) is 4.62. The van der Waals surface area contributed by atoms with Crippen molar-refractivity contribution < 1.29 is 14.6 Å². The van der Waals surface area contributed by atoms with Crippen LogP contribution in [0.15, 0.2) is 42.5 Å². The Morgan fingerprint density at radius 3 is 2.57 bits per heavy atom. The van der Waals surface area contributed by atoms with Crippen molar-refractivity contribution in [3.8, 4) is 5.75 Å². The molecular formula is C18H18O3. The van der Waals surface area contributed by atoms with Crippen LogP contribution >= 0.6 is 0 Å². The molecule has 3 nitrogen and oxygen atoms in total. The Bertz CT molecular complexity index is 644. The van der Waals surface area contributed by atoms with Gasteiger partial charge in [0.15, 0.2) is 0 Å². The van der Waals surface area contributed by atoms with E-state index in [1.807, 2.05) is 30.3 Å². The van der Waals surface area contributed by atoms with Crippen LogP contribution in [0.25, 0.3) is 0 Å². The van der Waals surface area contributed by atoms with Gasteiger partial charge < -0.3 is 9.84 Å². The molecule has 0 atom stereocenters. The third-order valence-electron chi connectivity index (χ3n) is 3.88. The fourth-order valence-corrected chi connectivity index (χ4v) is 2.81. The van der Waals surface area contributed by atoms with Crippen LogP contribution in [-0.4, -0.2) is 11.1 Å². The highest BCUT2D eigenvalue weighted by Crippen LogP contribution is 2.30. The van der Waals surface area contributed by atoms with Crippen molar-refractivity contribution in [3.63, 3.8) is 0 Å². The summed E-state index contributed by atoms with van der Waals surface area (Å²) in [6.45, 7) is 0.518. The molecule has 1 N–H and O–H groups in total. The number of hydrogen-bond donors (Lipinski definition) is 1. The van der Waals surface area contributed by atoms with E-state index in [0.29, 0.717) is 6.61 Å². The molecule has 0 aromatic heterocycles. The highest BCUT2D eigenvalue weighted by molar-refractivity contribution is 5.70. The zero-order valence-electron chi connectivity index (χ0n) is 11.8. The number of carboxylic acid groups (broad SMARTS) is 1. The molecule has 2 aromatic rings. The second-order valence-electron chi connectivity index (χ2n) is 5.42. The van der Waals surface area contributed by atoms with Crippen LogP contribution in [-0.2, 0) is 30.7 Å². The molecule has 3 rings (SSSR count). The second-order valence-corrected chi connectivity index (χ2v) is 5.42. The third kappa shape index (κ3) is 3.24. The van der Waals surface area contributed by atoms with Gasteiger partial charge in [0.2, 0.25) is 0 Å². The summed E-state index contributed by atoms with van der Waals surface area (Å²) in [5, 5.41) is 8.75. The molecule has 2 aromatic carbocycles. The topological polar surface area (TPSA) is 46.5 Å². The maximum absolute atomic E-state index is 10.6. The van der Waals surface area contributed by atoms with Gasteiger partial charge in [-0.2, -0.15) is 0 Å². The van der Waals surface area contributed by atoms with Crippen LogP contribution in [0, 0.1) is 0 Å². The number of carboxylic acids is 1. The van der Waals surface area contributed by atoms with Crippen LogP contribution in [0.3, 0.4) is 0 Å². The van der Waals surface area contributed by atoms with Crippen molar-refractivity contribution >= 4 is 5.97 Å². The Labute approximate surface area is 124 Å². The van der Waals surface area contributed by atoms with Gasteiger partial charge in [0.1, 0.15) is 12.4 Å². The maximum Gasteiger partial charge on any atom is 0.307 e. The molecule has 0 fully saturated rings. The van der Waals surface area contributed by atoms with Crippen LogP contribution < -0.4 is 4.74 Å². The minimum absolute atomic E-state index is 0.0628. The van der Waals surface area contributed by atoms with Crippen molar-refractivity contribution in [2.45, 2.75) is 32.3 Å². The first kappa shape index (κ1) is 13.7. The molecule has 1 aliphatic rings. The highest BCUT2D eigenvalue weighted by atomic mass is 16.5. The minimum atomic E-state index is -0.807. The fourth-order valence-electron chi connectivity index (χ4n) is 2.81. The molecule has 3 heteroatoms. The van der Waals surface area contributed by atoms with Gasteiger partial charge in [0, 0.05) is 0 Å². The number of carbonyl (C=O) groups is 1. The molecule has 1 aliphatic carbocycles. The highest BCUT2D eigenvalue weighted by Gasteiger charge is 2.15. The van der Waals surface area contributed by atoms with Crippen molar-refractivity contribution in [2.24, 2.45) is 0 Å². The molecule has 0 saturated heterocycles. The minimum Gasteiger partial charge on any atom is -0.489 e. The van der Waals surface area contributed by atoms with Crippen LogP contribution in [0.5, 0.6) is 5.75 Å². The fraction of sp³-hybridized carbons (Fsp3) is 0.278. The molecule has 0 saturated carbocycles. The second kappa shape index (κ2) is 6.00. The monoisotopic (exact) mass is 282 g/mol. The standard InChI is InChI=1S/C18H18O3/c19-18(20)11-13-7-9-14(10-8-13)12-21-17-6-2-4-15-3-1-5-16(15)17/h2,4,6-10H,1,3,5,11-12H2,(H,19,20). The molecule has 0 amide bonds. The number of benzene rings is 2. The van der Waals surface area contributed by atoms with E-state index in [9.17, 15) is 4.79 Å². The van der Waals surface area contributed by atoms with Crippen molar-refractivity contribution in [3.05, 3.63) is 64.7 Å². The van der Waals surface area contributed by atoms with Crippen molar-refractivity contribution in [2.75, 3.05) is 0 Å². The lowest BCUT2D eigenvalue weighted by molar-refractivity contribution is -0.136. The Hall–Kier alpha value is -2.29. The first-order valence-corrected chi connectivity index (χ1v) is 7.25. The van der Waals surface area contributed by atoms with Crippen LogP contribution in [0.1, 0.15) is 28.7 Å². The SMILES string of the molecule is O=C(O)Cc1ccc(COc2cccc3c2CCC3)cc1. The number of ether oxygens (including phenoxy) is 1. The van der Waals surface area contributed by atoms with E-state index < -0.39 is 5.97 Å². The number of hydrogen-bond acceptors (Lipinski definition) is 2. The van der Waals surface area contributed by atoms with Gasteiger partial charge in [-0.15, -0.1) is 0 Å². The number of aliphatic carboxylic acids is 1.